The third-order valence-corrected chi connectivity index (χ3v) is 5.46. The molecule has 3 nitrogen and oxygen atoms in total. The number of benzene rings is 1. The number of nitrogens with one attached hydrogen (secondary N) is 1. The fraction of sp³-hybridized carbons (Fsp3) is 0.562. The Labute approximate surface area is 128 Å². The molecule has 1 N–H and O–H groups in total. The number of halogens is 1. The molecule has 1 spiro atoms. The Morgan fingerprint density at radius 1 is 1.30 bits per heavy atom. The molecular weight excluding hydrogens is 316 g/mol. The van der Waals surface area contributed by atoms with Crippen molar-refractivity contribution in [1.29, 1.82) is 0 Å². The second-order valence-corrected chi connectivity index (χ2v) is 7.66. The van der Waals surface area contributed by atoms with Crippen molar-refractivity contribution in [3.05, 3.63) is 28.2 Å². The first-order valence-electron chi connectivity index (χ1n) is 7.16. The summed E-state index contributed by atoms with van der Waals surface area (Å²) >= 11 is 3.57. The van der Waals surface area contributed by atoms with Crippen LogP contribution in [0.5, 0.6) is 0 Å². The van der Waals surface area contributed by atoms with Crippen molar-refractivity contribution < 1.29 is 4.79 Å². The summed E-state index contributed by atoms with van der Waals surface area (Å²) in [5, 5.41) is 3.45. The largest absolute Gasteiger partial charge is 0.310 e. The van der Waals surface area contributed by atoms with E-state index in [2.05, 4.69) is 46.4 Å². The van der Waals surface area contributed by atoms with Gasteiger partial charge >= 0.3 is 0 Å². The van der Waals surface area contributed by atoms with Crippen molar-refractivity contribution in [3.63, 3.8) is 0 Å². The minimum Gasteiger partial charge on any atom is -0.310 e. The van der Waals surface area contributed by atoms with E-state index in [0.29, 0.717) is 5.41 Å². The van der Waals surface area contributed by atoms with Crippen LogP contribution in [0.4, 0.5) is 5.69 Å². The maximum absolute atomic E-state index is 12.8. The quantitative estimate of drug-likeness (QED) is 0.853. The van der Waals surface area contributed by atoms with E-state index in [9.17, 15) is 4.79 Å². The van der Waals surface area contributed by atoms with Crippen molar-refractivity contribution in [3.8, 4) is 0 Å². The van der Waals surface area contributed by atoms with Crippen LogP contribution >= 0.6 is 15.9 Å². The number of carbonyl (C=O) groups is 1. The predicted molar refractivity (Wildman–Crippen MR) is 85.0 cm³/mol. The van der Waals surface area contributed by atoms with Gasteiger partial charge in [0, 0.05) is 28.7 Å². The lowest BCUT2D eigenvalue weighted by Crippen LogP contribution is -2.51. The van der Waals surface area contributed by atoms with Crippen molar-refractivity contribution in [2.45, 2.75) is 39.2 Å². The number of carbonyl (C=O) groups excluding carboxylic acids is 1. The molecule has 1 amide bonds. The lowest BCUT2D eigenvalue weighted by molar-refractivity contribution is -0.123. The summed E-state index contributed by atoms with van der Waals surface area (Å²) in [6, 6.07) is 6.18. The summed E-state index contributed by atoms with van der Waals surface area (Å²) in [6.45, 7) is 7.79. The van der Waals surface area contributed by atoms with E-state index in [1.54, 1.807) is 0 Å². The van der Waals surface area contributed by atoms with Crippen LogP contribution in [0.3, 0.4) is 0 Å². The van der Waals surface area contributed by atoms with Gasteiger partial charge in [0.25, 0.3) is 0 Å². The summed E-state index contributed by atoms with van der Waals surface area (Å²) in [6.07, 6.45) is 2.43. The van der Waals surface area contributed by atoms with E-state index in [0.717, 1.165) is 23.2 Å². The highest BCUT2D eigenvalue weighted by Gasteiger charge is 2.50. The van der Waals surface area contributed by atoms with Crippen molar-refractivity contribution >= 4 is 27.5 Å². The van der Waals surface area contributed by atoms with Crippen LogP contribution in [0, 0.1) is 12.3 Å². The Hall–Kier alpha value is -0.870. The lowest BCUT2D eigenvalue weighted by atomic mass is 10.0. The number of hydrogen-bond donors (Lipinski definition) is 1. The molecule has 0 radical (unpaired) electrons. The van der Waals surface area contributed by atoms with Crippen LogP contribution in [0.1, 0.15) is 32.3 Å². The highest BCUT2D eigenvalue weighted by Crippen LogP contribution is 2.48. The maximum atomic E-state index is 12.8. The fourth-order valence-electron chi connectivity index (χ4n) is 2.75. The van der Waals surface area contributed by atoms with Gasteiger partial charge in [0.1, 0.15) is 0 Å². The van der Waals surface area contributed by atoms with E-state index in [-0.39, 0.29) is 5.91 Å². The first-order valence-corrected chi connectivity index (χ1v) is 7.96. The van der Waals surface area contributed by atoms with Gasteiger partial charge in [0.15, 0.2) is 0 Å². The molecule has 1 heterocycles. The number of anilines is 1. The minimum absolute atomic E-state index is 0.164. The van der Waals surface area contributed by atoms with Crippen LogP contribution in [0.15, 0.2) is 22.7 Å². The van der Waals surface area contributed by atoms with Crippen LogP contribution in [-0.4, -0.2) is 24.5 Å². The molecule has 3 rings (SSSR count). The predicted octanol–water partition coefficient (Wildman–Crippen LogP) is 3.25. The van der Waals surface area contributed by atoms with Crippen LogP contribution in [-0.2, 0) is 4.79 Å². The first-order chi connectivity index (χ1) is 9.33. The molecule has 2 fully saturated rings. The molecule has 0 aromatic heterocycles. The molecule has 0 unspecified atom stereocenters. The number of nitrogens with zero attached hydrogens (tertiary/aromatic N) is 1. The number of rotatable bonds is 1. The zero-order valence-corrected chi connectivity index (χ0v) is 13.9. The van der Waals surface area contributed by atoms with Crippen LogP contribution in [0.2, 0.25) is 0 Å². The standard InChI is InChI=1S/C16H21BrN2O/c1-11-4-5-12(8-13(11)17)19-10-16(6-7-16)9-18-15(2,3)14(19)20/h4-5,8,18H,6-7,9-10H2,1-3H3. The molecular formula is C16H21BrN2O. The van der Waals surface area contributed by atoms with Gasteiger partial charge in [-0.1, -0.05) is 22.0 Å². The molecule has 1 saturated heterocycles. The summed E-state index contributed by atoms with van der Waals surface area (Å²) in [7, 11) is 0. The monoisotopic (exact) mass is 336 g/mol. The molecule has 20 heavy (non-hydrogen) atoms. The van der Waals surface area contributed by atoms with Gasteiger partial charge < -0.3 is 10.2 Å². The number of amides is 1. The molecule has 1 aromatic carbocycles. The number of aryl methyl sites for hydroxylation is 1. The van der Waals surface area contributed by atoms with Crippen molar-refractivity contribution in [2.24, 2.45) is 5.41 Å². The molecule has 0 atom stereocenters. The van der Waals surface area contributed by atoms with Crippen LogP contribution < -0.4 is 10.2 Å². The lowest BCUT2D eigenvalue weighted by Gasteiger charge is -2.29. The smallest absolute Gasteiger partial charge is 0.246 e. The normalized spacial score (nSPS) is 23.8. The van der Waals surface area contributed by atoms with Crippen LogP contribution in [0.25, 0.3) is 0 Å². The maximum Gasteiger partial charge on any atom is 0.246 e. The first kappa shape index (κ1) is 14.1. The van der Waals surface area contributed by atoms with Crippen molar-refractivity contribution in [1.82, 2.24) is 5.32 Å². The number of hydrogen-bond acceptors (Lipinski definition) is 2. The Morgan fingerprint density at radius 3 is 2.60 bits per heavy atom. The SMILES string of the molecule is Cc1ccc(N2CC3(CC3)CNC(C)(C)C2=O)cc1Br. The highest BCUT2D eigenvalue weighted by atomic mass is 79.9. The summed E-state index contributed by atoms with van der Waals surface area (Å²) < 4.78 is 1.06. The van der Waals surface area contributed by atoms with E-state index in [1.807, 2.05) is 18.7 Å². The molecule has 2 aliphatic rings. The molecule has 108 valence electrons. The zero-order valence-electron chi connectivity index (χ0n) is 12.3. The average Bonchev–Trinajstić information content (AvgIpc) is 3.17. The second-order valence-electron chi connectivity index (χ2n) is 6.80. The van der Waals surface area contributed by atoms with E-state index in [4.69, 9.17) is 0 Å². The average molecular weight is 337 g/mol. The van der Waals surface area contributed by atoms with E-state index < -0.39 is 5.54 Å². The van der Waals surface area contributed by atoms with E-state index in [1.165, 1.54) is 18.4 Å². The Balaban J connectivity index is 1.99. The van der Waals surface area contributed by atoms with Gasteiger partial charge in [-0.25, -0.2) is 0 Å². The van der Waals surface area contributed by atoms with E-state index >= 15 is 0 Å². The third kappa shape index (κ3) is 2.40. The summed E-state index contributed by atoms with van der Waals surface area (Å²) in [5.41, 5.74) is 1.98. The molecule has 1 aromatic rings. The molecule has 4 heteroatoms. The summed E-state index contributed by atoms with van der Waals surface area (Å²) in [4.78, 5) is 14.8. The topological polar surface area (TPSA) is 32.3 Å². The van der Waals surface area contributed by atoms with Gasteiger partial charge in [0.05, 0.1) is 5.54 Å². The van der Waals surface area contributed by atoms with Gasteiger partial charge in [-0.05, 0) is 51.3 Å². The Bertz CT molecular complexity index is 564. The van der Waals surface area contributed by atoms with Crippen molar-refractivity contribution in [2.75, 3.05) is 18.0 Å². The third-order valence-electron chi connectivity index (χ3n) is 4.60. The molecule has 1 saturated carbocycles. The molecule has 1 aliphatic heterocycles. The summed E-state index contributed by atoms with van der Waals surface area (Å²) in [5.74, 6) is 0.164. The Morgan fingerprint density at radius 2 is 2.00 bits per heavy atom. The van der Waals surface area contributed by atoms with Gasteiger partial charge in [-0.15, -0.1) is 0 Å². The zero-order chi connectivity index (χ0) is 14.5. The van der Waals surface area contributed by atoms with Gasteiger partial charge in [-0.3, -0.25) is 4.79 Å². The second kappa shape index (κ2) is 4.57. The molecule has 1 aliphatic carbocycles. The van der Waals surface area contributed by atoms with Gasteiger partial charge in [-0.2, -0.15) is 0 Å². The fourth-order valence-corrected chi connectivity index (χ4v) is 3.12. The van der Waals surface area contributed by atoms with Gasteiger partial charge in [0.2, 0.25) is 5.91 Å². The molecule has 0 bridgehead atoms. The Kier molecular flexibility index (Phi) is 3.22. The minimum atomic E-state index is -0.497. The highest BCUT2D eigenvalue weighted by molar-refractivity contribution is 9.10.